The van der Waals surface area contributed by atoms with Crippen molar-refractivity contribution in [3.8, 4) is 0 Å². The summed E-state index contributed by atoms with van der Waals surface area (Å²) in [5.41, 5.74) is 0. The van der Waals surface area contributed by atoms with Gasteiger partial charge in [-0.15, -0.1) is 0 Å². The molecular formula is C12H19FO2. The Kier molecular flexibility index (Phi) is 3.76. The van der Waals surface area contributed by atoms with Gasteiger partial charge < -0.3 is 9.47 Å². The number of halogens is 1. The third-order valence-corrected chi connectivity index (χ3v) is 3.35. The third kappa shape index (κ3) is 2.79. The quantitative estimate of drug-likeness (QED) is 0.703. The zero-order valence-corrected chi connectivity index (χ0v) is 9.25. The molecule has 2 rings (SSSR count). The molecular weight excluding hydrogens is 195 g/mol. The Balaban J connectivity index is 1.81. The van der Waals surface area contributed by atoms with Crippen molar-refractivity contribution in [3.63, 3.8) is 0 Å². The van der Waals surface area contributed by atoms with Crippen LogP contribution in [0.5, 0.6) is 0 Å². The van der Waals surface area contributed by atoms with Crippen molar-refractivity contribution in [1.82, 2.24) is 0 Å². The normalized spacial score (nSPS) is 37.5. The maximum absolute atomic E-state index is 12.8. The van der Waals surface area contributed by atoms with Crippen LogP contribution < -0.4 is 0 Å². The number of ether oxygens (including phenoxy) is 2. The first-order valence-corrected chi connectivity index (χ1v) is 5.87. The van der Waals surface area contributed by atoms with Crippen LogP contribution in [-0.2, 0) is 9.47 Å². The monoisotopic (exact) mass is 214 g/mol. The van der Waals surface area contributed by atoms with Crippen molar-refractivity contribution in [2.45, 2.75) is 38.9 Å². The molecule has 2 aliphatic rings. The Morgan fingerprint density at radius 2 is 2.13 bits per heavy atom. The Hall–Kier alpha value is -0.410. The number of rotatable bonds is 2. The second-order valence-electron chi connectivity index (χ2n) is 4.49. The molecule has 1 atom stereocenters. The zero-order chi connectivity index (χ0) is 10.7. The van der Waals surface area contributed by atoms with E-state index in [0.29, 0.717) is 18.3 Å². The molecule has 0 amide bonds. The van der Waals surface area contributed by atoms with E-state index < -0.39 is 0 Å². The van der Waals surface area contributed by atoms with Crippen LogP contribution in [0.1, 0.15) is 32.6 Å². The number of allylic oxidation sites excluding steroid dienone is 2. The lowest BCUT2D eigenvalue weighted by molar-refractivity contribution is -0.225. The van der Waals surface area contributed by atoms with Crippen LogP contribution in [0.3, 0.4) is 0 Å². The van der Waals surface area contributed by atoms with E-state index in [2.05, 4.69) is 6.92 Å². The first-order chi connectivity index (χ1) is 7.29. The van der Waals surface area contributed by atoms with E-state index >= 15 is 0 Å². The van der Waals surface area contributed by atoms with Gasteiger partial charge in [-0.05, 0) is 25.7 Å². The van der Waals surface area contributed by atoms with Gasteiger partial charge in [-0.25, -0.2) is 4.39 Å². The molecule has 0 radical (unpaired) electrons. The van der Waals surface area contributed by atoms with Crippen molar-refractivity contribution >= 4 is 0 Å². The van der Waals surface area contributed by atoms with Gasteiger partial charge in [0.1, 0.15) is 0 Å². The van der Waals surface area contributed by atoms with Gasteiger partial charge >= 0.3 is 0 Å². The largest absolute Gasteiger partial charge is 0.352 e. The molecule has 1 aliphatic heterocycles. The second kappa shape index (κ2) is 5.08. The zero-order valence-electron chi connectivity index (χ0n) is 9.25. The van der Waals surface area contributed by atoms with Crippen molar-refractivity contribution in [2.24, 2.45) is 11.8 Å². The first-order valence-electron chi connectivity index (χ1n) is 5.87. The summed E-state index contributed by atoms with van der Waals surface area (Å²) in [6, 6.07) is 0. The van der Waals surface area contributed by atoms with Gasteiger partial charge in [0.05, 0.1) is 19.0 Å². The average molecular weight is 214 g/mol. The molecule has 1 aliphatic carbocycles. The third-order valence-electron chi connectivity index (χ3n) is 3.35. The SMILES string of the molecule is CC[C@H]1CO[C@H](C2CC=C(F)CC2)OC1. The van der Waals surface area contributed by atoms with E-state index in [-0.39, 0.29) is 12.1 Å². The molecule has 0 N–H and O–H groups in total. The highest BCUT2D eigenvalue weighted by Crippen LogP contribution is 2.30. The molecule has 0 bridgehead atoms. The lowest BCUT2D eigenvalue weighted by Crippen LogP contribution is -2.37. The summed E-state index contributed by atoms with van der Waals surface area (Å²) in [6.45, 7) is 3.74. The minimum atomic E-state index is -0.0999. The van der Waals surface area contributed by atoms with Crippen LogP contribution in [0, 0.1) is 11.8 Å². The lowest BCUT2D eigenvalue weighted by atomic mass is 9.92. The molecule has 3 heteroatoms. The Morgan fingerprint density at radius 1 is 1.40 bits per heavy atom. The van der Waals surface area contributed by atoms with Crippen LogP contribution >= 0.6 is 0 Å². The Morgan fingerprint density at radius 3 is 2.67 bits per heavy atom. The maximum atomic E-state index is 12.8. The van der Waals surface area contributed by atoms with Gasteiger partial charge in [0, 0.05) is 11.8 Å². The van der Waals surface area contributed by atoms with E-state index in [1.165, 1.54) is 0 Å². The second-order valence-corrected chi connectivity index (χ2v) is 4.49. The fraction of sp³-hybridized carbons (Fsp3) is 0.833. The summed E-state index contributed by atoms with van der Waals surface area (Å²) in [4.78, 5) is 0. The van der Waals surface area contributed by atoms with Crippen LogP contribution in [0.2, 0.25) is 0 Å². The number of hydrogen-bond acceptors (Lipinski definition) is 2. The Bertz CT molecular complexity index is 232. The highest BCUT2D eigenvalue weighted by Gasteiger charge is 2.29. The molecule has 1 unspecified atom stereocenters. The Labute approximate surface area is 90.4 Å². The summed E-state index contributed by atoms with van der Waals surface area (Å²) < 4.78 is 24.2. The molecule has 1 heterocycles. The van der Waals surface area contributed by atoms with E-state index in [1.54, 1.807) is 6.08 Å². The van der Waals surface area contributed by atoms with Crippen molar-refractivity contribution in [1.29, 1.82) is 0 Å². The van der Waals surface area contributed by atoms with Crippen molar-refractivity contribution in [3.05, 3.63) is 11.9 Å². The smallest absolute Gasteiger partial charge is 0.160 e. The lowest BCUT2D eigenvalue weighted by Gasteiger charge is -2.34. The standard InChI is InChI=1S/C12H19FO2/c1-2-9-7-14-12(15-8-9)10-3-5-11(13)6-4-10/h5,9-10,12H,2-4,6-8H2,1H3/t9-,10?,12-. The first kappa shape index (κ1) is 11.1. The molecule has 0 spiro atoms. The molecule has 1 saturated heterocycles. The van der Waals surface area contributed by atoms with Crippen LogP contribution in [0.15, 0.2) is 11.9 Å². The summed E-state index contributed by atoms with van der Waals surface area (Å²) in [6.07, 6.45) is 4.83. The average Bonchev–Trinajstić information content (AvgIpc) is 2.30. The fourth-order valence-electron chi connectivity index (χ4n) is 2.14. The topological polar surface area (TPSA) is 18.5 Å². The molecule has 0 aromatic heterocycles. The van der Waals surface area contributed by atoms with Crippen molar-refractivity contribution in [2.75, 3.05) is 13.2 Å². The van der Waals surface area contributed by atoms with Gasteiger partial charge in [-0.2, -0.15) is 0 Å². The highest BCUT2D eigenvalue weighted by molar-refractivity contribution is 4.98. The van der Waals surface area contributed by atoms with E-state index in [0.717, 1.165) is 32.5 Å². The van der Waals surface area contributed by atoms with Gasteiger partial charge in [0.2, 0.25) is 0 Å². The minimum absolute atomic E-state index is 0.0218. The van der Waals surface area contributed by atoms with E-state index in [1.807, 2.05) is 0 Å². The van der Waals surface area contributed by atoms with Crippen LogP contribution in [-0.4, -0.2) is 19.5 Å². The molecule has 0 aromatic carbocycles. The van der Waals surface area contributed by atoms with Gasteiger partial charge in [-0.1, -0.05) is 13.0 Å². The van der Waals surface area contributed by atoms with E-state index in [9.17, 15) is 4.39 Å². The molecule has 0 saturated carbocycles. The predicted molar refractivity (Wildman–Crippen MR) is 56.0 cm³/mol. The number of hydrogen-bond donors (Lipinski definition) is 0. The molecule has 15 heavy (non-hydrogen) atoms. The van der Waals surface area contributed by atoms with Gasteiger partial charge in [0.25, 0.3) is 0 Å². The maximum Gasteiger partial charge on any atom is 0.160 e. The van der Waals surface area contributed by atoms with Gasteiger partial charge in [0.15, 0.2) is 6.29 Å². The summed E-state index contributed by atoms with van der Waals surface area (Å²) in [5.74, 6) is 0.910. The van der Waals surface area contributed by atoms with Crippen LogP contribution in [0.25, 0.3) is 0 Å². The summed E-state index contributed by atoms with van der Waals surface area (Å²) >= 11 is 0. The van der Waals surface area contributed by atoms with Crippen molar-refractivity contribution < 1.29 is 13.9 Å². The molecule has 2 nitrogen and oxygen atoms in total. The molecule has 86 valence electrons. The predicted octanol–water partition coefficient (Wildman–Crippen LogP) is 3.04. The molecule has 0 aromatic rings. The van der Waals surface area contributed by atoms with Gasteiger partial charge in [-0.3, -0.25) is 0 Å². The van der Waals surface area contributed by atoms with Crippen LogP contribution in [0.4, 0.5) is 4.39 Å². The summed E-state index contributed by atoms with van der Waals surface area (Å²) in [7, 11) is 0. The minimum Gasteiger partial charge on any atom is -0.352 e. The highest BCUT2D eigenvalue weighted by atomic mass is 19.1. The summed E-state index contributed by atoms with van der Waals surface area (Å²) in [5, 5.41) is 0. The van der Waals surface area contributed by atoms with E-state index in [4.69, 9.17) is 9.47 Å². The molecule has 1 fully saturated rings. The fourth-order valence-corrected chi connectivity index (χ4v) is 2.14.